The number of alkyl carbamates (subject to hydrolysis) is 1. The van der Waals surface area contributed by atoms with Crippen molar-refractivity contribution in [2.45, 2.75) is 128 Å². The number of hydrogen-bond acceptors (Lipinski definition) is 10. The number of piperidine rings is 2. The largest absolute Gasteiger partial charge is 0.444 e. The first kappa shape index (κ1) is 39.6. The lowest BCUT2D eigenvalue weighted by Crippen LogP contribution is -2.46. The molecule has 2 atom stereocenters. The zero-order valence-corrected chi connectivity index (χ0v) is 32.9. The molecule has 0 spiro atoms. The summed E-state index contributed by atoms with van der Waals surface area (Å²) in [5.41, 5.74) is 1.06. The van der Waals surface area contributed by atoms with Crippen molar-refractivity contribution in [1.82, 2.24) is 35.1 Å². The van der Waals surface area contributed by atoms with E-state index in [2.05, 4.69) is 54.2 Å². The lowest BCUT2D eigenvalue weighted by atomic mass is 9.83. The van der Waals surface area contributed by atoms with E-state index >= 15 is 0 Å². The fourth-order valence-corrected chi connectivity index (χ4v) is 8.09. The Hall–Kier alpha value is -4.04. The second kappa shape index (κ2) is 17.6. The quantitative estimate of drug-likeness (QED) is 0.182. The van der Waals surface area contributed by atoms with Gasteiger partial charge in [0.05, 0.1) is 23.7 Å². The van der Waals surface area contributed by atoms with Crippen LogP contribution in [0.1, 0.15) is 109 Å². The van der Waals surface area contributed by atoms with E-state index in [1.54, 1.807) is 25.6 Å². The summed E-state index contributed by atoms with van der Waals surface area (Å²) in [6.07, 6.45) is 12.7. The average Bonchev–Trinajstić information content (AvgIpc) is 3.52. The molecular formula is C40H60FN9O4. The SMILES string of the molecule is CO[C@H]1CCN(c2nccc(Nc3cc4c(cn3)c(C(=O)NC3CCN(CCCC5CCC(NC(=O)OC(C)(C)C)CC5)CC3)cn4C(C)C)n2)C[C@H]1F. The summed E-state index contributed by atoms with van der Waals surface area (Å²) in [4.78, 5) is 43.9. The molecule has 0 radical (unpaired) electrons. The van der Waals surface area contributed by atoms with Crippen LogP contribution in [-0.2, 0) is 9.47 Å². The molecular weight excluding hydrogens is 689 g/mol. The van der Waals surface area contributed by atoms with Gasteiger partial charge in [-0.1, -0.05) is 0 Å². The number of nitrogens with one attached hydrogen (secondary N) is 3. The number of pyridine rings is 1. The van der Waals surface area contributed by atoms with Gasteiger partial charge in [0.25, 0.3) is 5.91 Å². The third-order valence-electron chi connectivity index (χ3n) is 11.1. The highest BCUT2D eigenvalue weighted by Gasteiger charge is 2.31. The van der Waals surface area contributed by atoms with Gasteiger partial charge in [0.2, 0.25) is 5.95 Å². The van der Waals surface area contributed by atoms with Crippen LogP contribution in [0.15, 0.2) is 30.7 Å². The molecule has 0 unspecified atom stereocenters. The first-order valence-electron chi connectivity index (χ1n) is 19.9. The molecule has 54 heavy (non-hydrogen) atoms. The molecule has 13 nitrogen and oxygen atoms in total. The van der Waals surface area contributed by atoms with Crippen molar-refractivity contribution in [3.63, 3.8) is 0 Å². The molecule has 1 saturated carbocycles. The summed E-state index contributed by atoms with van der Waals surface area (Å²) in [5.74, 6) is 2.25. The number of amides is 2. The van der Waals surface area contributed by atoms with Crippen LogP contribution in [0, 0.1) is 5.92 Å². The smallest absolute Gasteiger partial charge is 0.407 e. The van der Waals surface area contributed by atoms with Crippen molar-refractivity contribution in [2.75, 3.05) is 50.1 Å². The molecule has 14 heteroatoms. The molecule has 3 aromatic heterocycles. The lowest BCUT2D eigenvalue weighted by molar-refractivity contribution is 0.0194. The number of aromatic nitrogens is 4. The Kier molecular flexibility index (Phi) is 12.9. The van der Waals surface area contributed by atoms with Gasteiger partial charge in [0.1, 0.15) is 23.4 Å². The Labute approximate surface area is 319 Å². The highest BCUT2D eigenvalue weighted by molar-refractivity contribution is 6.07. The summed E-state index contributed by atoms with van der Waals surface area (Å²) in [5, 5.41) is 10.5. The van der Waals surface area contributed by atoms with Gasteiger partial charge >= 0.3 is 6.09 Å². The molecule has 3 aliphatic rings. The number of rotatable bonds is 12. The number of hydrogen-bond donors (Lipinski definition) is 3. The molecule has 3 aromatic rings. The maximum atomic E-state index is 14.6. The molecule has 0 aromatic carbocycles. The topological polar surface area (TPSA) is 139 Å². The molecule has 1 aliphatic carbocycles. The molecule has 6 rings (SSSR count). The van der Waals surface area contributed by atoms with Crippen molar-refractivity contribution < 1.29 is 23.5 Å². The van der Waals surface area contributed by atoms with Gasteiger partial charge in [-0.15, -0.1) is 0 Å². The Morgan fingerprint density at radius 2 is 1.72 bits per heavy atom. The summed E-state index contributed by atoms with van der Waals surface area (Å²) >= 11 is 0. The van der Waals surface area contributed by atoms with Gasteiger partial charge in [0.15, 0.2) is 0 Å². The second-order valence-electron chi connectivity index (χ2n) is 16.6. The van der Waals surface area contributed by atoms with E-state index in [0.717, 1.165) is 69.1 Å². The third kappa shape index (κ3) is 10.4. The number of likely N-dealkylation sites (tertiary alicyclic amines) is 1. The predicted molar refractivity (Wildman–Crippen MR) is 209 cm³/mol. The van der Waals surface area contributed by atoms with Gasteiger partial charge in [-0.25, -0.2) is 19.2 Å². The number of alkyl halides is 1. The fourth-order valence-electron chi connectivity index (χ4n) is 8.09. The molecule has 2 amide bonds. The van der Waals surface area contributed by atoms with Crippen molar-refractivity contribution in [1.29, 1.82) is 0 Å². The highest BCUT2D eigenvalue weighted by atomic mass is 19.1. The molecule has 5 heterocycles. The minimum Gasteiger partial charge on any atom is -0.444 e. The van der Waals surface area contributed by atoms with Crippen LogP contribution in [-0.4, -0.2) is 106 Å². The molecule has 3 fully saturated rings. The Balaban J connectivity index is 0.968. The van der Waals surface area contributed by atoms with Gasteiger partial charge in [0, 0.05) is 74.9 Å². The molecule has 2 aliphatic heterocycles. The Morgan fingerprint density at radius 1 is 0.981 bits per heavy atom. The van der Waals surface area contributed by atoms with Gasteiger partial charge in [-0.2, -0.15) is 4.98 Å². The first-order chi connectivity index (χ1) is 25.8. The van der Waals surface area contributed by atoms with Gasteiger partial charge in [-0.3, -0.25) is 4.79 Å². The molecule has 2 saturated heterocycles. The van der Waals surface area contributed by atoms with E-state index in [1.807, 2.05) is 37.9 Å². The number of halogens is 1. The Bertz CT molecular complexity index is 1710. The third-order valence-corrected chi connectivity index (χ3v) is 11.1. The van der Waals surface area contributed by atoms with Gasteiger partial charge < -0.3 is 39.8 Å². The zero-order valence-electron chi connectivity index (χ0n) is 32.9. The standard InChI is InChI=1S/C40H60FN9O4/c1-26(2)50-24-31(30-23-43-36(22-33(30)50)46-35-13-17-42-38(47-35)49-21-16-34(53-6)32(41)25-49)37(51)44-29-14-19-48(20-15-29)18-7-8-27-9-11-28(12-10-27)45-39(52)54-40(3,4)5/h13,17,22-24,26-29,32,34H,7-12,14-16,18-21,25H2,1-6H3,(H,44,51)(H,45,52)(H,42,43,46,47)/t27?,28?,32-,34+/m1/s1. The number of carbonyl (C=O) groups is 2. The van der Waals surface area contributed by atoms with E-state index < -0.39 is 17.9 Å². The van der Waals surface area contributed by atoms with E-state index in [9.17, 15) is 14.0 Å². The predicted octanol–water partition coefficient (Wildman–Crippen LogP) is 6.77. The molecule has 3 N–H and O–H groups in total. The van der Waals surface area contributed by atoms with Crippen LogP contribution in [0.25, 0.3) is 10.9 Å². The van der Waals surface area contributed by atoms with Crippen LogP contribution in [0.2, 0.25) is 0 Å². The van der Waals surface area contributed by atoms with Crippen LogP contribution in [0.3, 0.4) is 0 Å². The maximum Gasteiger partial charge on any atom is 0.407 e. The first-order valence-corrected chi connectivity index (χ1v) is 19.9. The van der Waals surface area contributed by atoms with Crippen LogP contribution in [0.4, 0.5) is 26.8 Å². The average molecular weight is 750 g/mol. The number of carbonyl (C=O) groups excluding carboxylic acids is 2. The summed E-state index contributed by atoms with van der Waals surface area (Å²) in [6.45, 7) is 13.7. The molecule has 0 bridgehead atoms. The van der Waals surface area contributed by atoms with Crippen molar-refractivity contribution in [3.8, 4) is 0 Å². The number of anilines is 3. The number of nitrogens with zero attached hydrogens (tertiary/aromatic N) is 6. The van der Waals surface area contributed by atoms with Gasteiger partial charge in [-0.05, 0) is 111 Å². The van der Waals surface area contributed by atoms with Crippen molar-refractivity contribution in [2.24, 2.45) is 5.92 Å². The summed E-state index contributed by atoms with van der Waals surface area (Å²) in [7, 11) is 1.54. The number of methoxy groups -OCH3 is 1. The van der Waals surface area contributed by atoms with Crippen LogP contribution >= 0.6 is 0 Å². The fraction of sp³-hybridized carbons (Fsp3) is 0.675. The minimum atomic E-state index is -1.11. The normalized spacial score (nSPS) is 23.1. The summed E-state index contributed by atoms with van der Waals surface area (Å²) < 4.78 is 27.3. The van der Waals surface area contributed by atoms with Crippen molar-refractivity contribution >= 4 is 40.5 Å². The molecule has 296 valence electrons. The second-order valence-corrected chi connectivity index (χ2v) is 16.6. The van der Waals surface area contributed by atoms with Crippen molar-refractivity contribution in [3.05, 3.63) is 36.3 Å². The zero-order chi connectivity index (χ0) is 38.4. The number of ether oxygens (including phenoxy) is 2. The lowest BCUT2D eigenvalue weighted by Gasteiger charge is -2.33. The minimum absolute atomic E-state index is 0.0685. The monoisotopic (exact) mass is 749 g/mol. The summed E-state index contributed by atoms with van der Waals surface area (Å²) in [6, 6.07) is 4.18. The van der Waals surface area contributed by atoms with E-state index in [4.69, 9.17) is 9.47 Å². The van der Waals surface area contributed by atoms with E-state index in [-0.39, 0.29) is 36.7 Å². The Morgan fingerprint density at radius 3 is 2.41 bits per heavy atom. The van der Waals surface area contributed by atoms with E-state index in [0.29, 0.717) is 42.0 Å². The van der Waals surface area contributed by atoms with Crippen LogP contribution < -0.4 is 20.9 Å². The van der Waals surface area contributed by atoms with Crippen LogP contribution in [0.5, 0.6) is 0 Å². The van der Waals surface area contributed by atoms with E-state index in [1.165, 1.54) is 12.8 Å². The highest BCUT2D eigenvalue weighted by Crippen LogP contribution is 2.30. The maximum absolute atomic E-state index is 14.6. The number of fused-ring (bicyclic) bond motifs is 1.